The molecule has 0 saturated heterocycles. The summed E-state index contributed by atoms with van der Waals surface area (Å²) in [4.78, 5) is 7.61. The zero-order chi connectivity index (χ0) is 19.7. The van der Waals surface area contributed by atoms with E-state index in [4.69, 9.17) is 9.47 Å². The van der Waals surface area contributed by atoms with E-state index in [9.17, 15) is 0 Å². The minimum atomic E-state index is 0.357. The number of fused-ring (bicyclic) bond motifs is 1. The number of nitrogens with one attached hydrogen (secondary N) is 1. The molecule has 0 bridgehead atoms. The van der Waals surface area contributed by atoms with Gasteiger partial charge in [-0.25, -0.2) is 0 Å². The van der Waals surface area contributed by atoms with Crippen LogP contribution in [0, 0.1) is 6.20 Å². The summed E-state index contributed by atoms with van der Waals surface area (Å²) in [6.45, 7) is 4.44. The van der Waals surface area contributed by atoms with Crippen LogP contribution >= 0.6 is 0 Å². The summed E-state index contributed by atoms with van der Waals surface area (Å²) in [6, 6.07) is 16.5. The van der Waals surface area contributed by atoms with E-state index in [2.05, 4.69) is 54.3 Å². The van der Waals surface area contributed by atoms with Crippen LogP contribution in [-0.2, 0) is 0 Å². The van der Waals surface area contributed by atoms with Crippen molar-refractivity contribution in [1.82, 2.24) is 9.97 Å². The number of nitrogens with zero attached hydrogens (tertiary/aromatic N) is 1. The minimum Gasteiger partial charge on any atom is -0.493 e. The van der Waals surface area contributed by atoms with E-state index in [1.807, 2.05) is 24.3 Å². The maximum Gasteiger partial charge on any atom is 0.161 e. The molecular formula is C24H23N2O2. The highest BCUT2D eigenvalue weighted by Crippen LogP contribution is 2.40. The molecule has 2 heterocycles. The van der Waals surface area contributed by atoms with Crippen molar-refractivity contribution in [2.24, 2.45) is 0 Å². The molecule has 2 aromatic heterocycles. The van der Waals surface area contributed by atoms with Crippen molar-refractivity contribution in [2.75, 3.05) is 14.2 Å². The van der Waals surface area contributed by atoms with Gasteiger partial charge in [0.1, 0.15) is 0 Å². The first-order valence-electron chi connectivity index (χ1n) is 9.33. The number of pyridine rings is 1. The van der Waals surface area contributed by atoms with Gasteiger partial charge in [0.05, 0.1) is 26.1 Å². The molecule has 141 valence electrons. The summed E-state index contributed by atoms with van der Waals surface area (Å²) in [5, 5.41) is 1.23. The molecule has 0 aliphatic heterocycles. The van der Waals surface area contributed by atoms with Crippen molar-refractivity contribution in [1.29, 1.82) is 0 Å². The minimum absolute atomic E-state index is 0.357. The number of aromatic nitrogens is 2. The van der Waals surface area contributed by atoms with Crippen molar-refractivity contribution < 1.29 is 9.47 Å². The summed E-state index contributed by atoms with van der Waals surface area (Å²) in [6.07, 6.45) is 4.69. The average molecular weight is 371 g/mol. The number of aromatic amines is 1. The molecule has 0 spiro atoms. The van der Waals surface area contributed by atoms with Gasteiger partial charge in [0.25, 0.3) is 0 Å². The summed E-state index contributed by atoms with van der Waals surface area (Å²) >= 11 is 0. The highest BCUT2D eigenvalue weighted by atomic mass is 16.5. The second kappa shape index (κ2) is 7.39. The molecule has 4 heteroatoms. The number of rotatable bonds is 5. The van der Waals surface area contributed by atoms with Crippen molar-refractivity contribution in [3.05, 3.63) is 66.5 Å². The quantitative estimate of drug-likeness (QED) is 0.479. The number of benzene rings is 2. The summed E-state index contributed by atoms with van der Waals surface area (Å²) < 4.78 is 10.9. The molecule has 0 aliphatic carbocycles. The van der Waals surface area contributed by atoms with E-state index < -0.39 is 0 Å². The predicted molar refractivity (Wildman–Crippen MR) is 113 cm³/mol. The molecule has 4 rings (SSSR count). The third-order valence-electron chi connectivity index (χ3n) is 5.04. The van der Waals surface area contributed by atoms with Crippen LogP contribution in [0.1, 0.15) is 25.3 Å². The zero-order valence-corrected chi connectivity index (χ0v) is 16.5. The van der Waals surface area contributed by atoms with Gasteiger partial charge < -0.3 is 14.5 Å². The Kier molecular flexibility index (Phi) is 4.78. The first kappa shape index (κ1) is 18.1. The molecular weight excluding hydrogens is 348 g/mol. The van der Waals surface area contributed by atoms with Crippen LogP contribution in [0.25, 0.3) is 33.3 Å². The fraction of sp³-hybridized carbons (Fsp3) is 0.208. The van der Waals surface area contributed by atoms with Crippen LogP contribution < -0.4 is 9.47 Å². The number of ether oxygens (including phenoxy) is 2. The molecule has 4 nitrogen and oxygen atoms in total. The smallest absolute Gasteiger partial charge is 0.161 e. The first-order chi connectivity index (χ1) is 13.6. The van der Waals surface area contributed by atoms with Gasteiger partial charge in [-0.15, -0.1) is 0 Å². The van der Waals surface area contributed by atoms with Gasteiger partial charge in [0.15, 0.2) is 11.5 Å². The molecule has 0 unspecified atom stereocenters. The molecule has 0 atom stereocenters. The van der Waals surface area contributed by atoms with E-state index in [-0.39, 0.29) is 0 Å². The van der Waals surface area contributed by atoms with E-state index in [0.717, 1.165) is 39.4 Å². The molecule has 0 saturated carbocycles. The number of methoxy groups -OCH3 is 2. The van der Waals surface area contributed by atoms with Crippen molar-refractivity contribution in [3.8, 4) is 33.9 Å². The van der Waals surface area contributed by atoms with E-state index in [0.29, 0.717) is 5.92 Å². The topological polar surface area (TPSA) is 47.1 Å². The molecule has 1 N–H and O–H groups in total. The Bertz CT molecular complexity index is 1110. The lowest BCUT2D eigenvalue weighted by molar-refractivity contribution is 0.355. The lowest BCUT2D eigenvalue weighted by Gasteiger charge is -2.12. The first-order valence-corrected chi connectivity index (χ1v) is 9.33. The van der Waals surface area contributed by atoms with Crippen LogP contribution in [-0.4, -0.2) is 24.2 Å². The monoisotopic (exact) mass is 371 g/mol. The van der Waals surface area contributed by atoms with Crippen molar-refractivity contribution in [3.63, 3.8) is 0 Å². The fourth-order valence-corrected chi connectivity index (χ4v) is 3.71. The normalized spacial score (nSPS) is 11.2. The fourth-order valence-electron chi connectivity index (χ4n) is 3.71. The molecule has 0 fully saturated rings. The second-order valence-corrected chi connectivity index (χ2v) is 7.07. The highest BCUT2D eigenvalue weighted by Gasteiger charge is 2.18. The van der Waals surface area contributed by atoms with Crippen LogP contribution in [0.4, 0.5) is 0 Å². The predicted octanol–water partition coefficient (Wildman–Crippen LogP) is 5.84. The maximum atomic E-state index is 5.50. The van der Waals surface area contributed by atoms with Gasteiger partial charge in [-0.05, 0) is 65.1 Å². The van der Waals surface area contributed by atoms with Crippen LogP contribution in [0.15, 0.2) is 54.7 Å². The lowest BCUT2D eigenvalue weighted by atomic mass is 9.94. The Labute approximate surface area is 165 Å². The van der Waals surface area contributed by atoms with E-state index in [1.54, 1.807) is 20.4 Å². The van der Waals surface area contributed by atoms with E-state index >= 15 is 0 Å². The van der Waals surface area contributed by atoms with Gasteiger partial charge in [-0.1, -0.05) is 19.9 Å². The lowest BCUT2D eigenvalue weighted by Crippen LogP contribution is -1.93. The number of hydrogen-bond acceptors (Lipinski definition) is 3. The molecule has 4 aromatic rings. The van der Waals surface area contributed by atoms with Crippen LogP contribution in [0.2, 0.25) is 0 Å². The summed E-state index contributed by atoms with van der Waals surface area (Å²) in [7, 11) is 3.31. The Balaban J connectivity index is 1.91. The maximum absolute atomic E-state index is 5.50. The summed E-state index contributed by atoms with van der Waals surface area (Å²) in [5.74, 6) is 1.81. The third kappa shape index (κ3) is 3.11. The van der Waals surface area contributed by atoms with Gasteiger partial charge in [0, 0.05) is 22.7 Å². The Morgan fingerprint density at radius 1 is 0.893 bits per heavy atom. The molecule has 2 aromatic carbocycles. The SMILES string of the molecule is COc1ccc(-c2[nH]c3ccc(-c4c[c]ncc4)cc3c2C(C)C)cc1OC. The summed E-state index contributed by atoms with van der Waals surface area (Å²) in [5.41, 5.74) is 6.88. The van der Waals surface area contributed by atoms with Crippen LogP contribution in [0.5, 0.6) is 11.5 Å². The molecule has 0 aliphatic rings. The van der Waals surface area contributed by atoms with Gasteiger partial charge in [-0.2, -0.15) is 0 Å². The van der Waals surface area contributed by atoms with Gasteiger partial charge in [0.2, 0.25) is 0 Å². The zero-order valence-electron chi connectivity index (χ0n) is 16.5. The van der Waals surface area contributed by atoms with Gasteiger partial charge >= 0.3 is 0 Å². The Hall–Kier alpha value is -3.27. The molecule has 0 amide bonds. The molecule has 1 radical (unpaired) electrons. The van der Waals surface area contributed by atoms with Crippen molar-refractivity contribution in [2.45, 2.75) is 19.8 Å². The van der Waals surface area contributed by atoms with Gasteiger partial charge in [-0.3, -0.25) is 4.98 Å². The highest BCUT2D eigenvalue weighted by molar-refractivity contribution is 5.94. The van der Waals surface area contributed by atoms with E-state index in [1.165, 1.54) is 10.9 Å². The Morgan fingerprint density at radius 2 is 1.68 bits per heavy atom. The average Bonchev–Trinajstić information content (AvgIpc) is 3.12. The molecule has 28 heavy (non-hydrogen) atoms. The van der Waals surface area contributed by atoms with Crippen molar-refractivity contribution >= 4 is 10.9 Å². The number of hydrogen-bond donors (Lipinski definition) is 1. The van der Waals surface area contributed by atoms with Crippen LogP contribution in [0.3, 0.4) is 0 Å². The Morgan fingerprint density at radius 3 is 2.36 bits per heavy atom. The number of H-pyrrole nitrogens is 1. The standard InChI is InChI=1S/C24H23N2O2/c1-15(2)23-19-13-17(16-9-11-25-12-10-16)5-7-20(19)26-24(23)18-6-8-21(27-3)22(14-18)28-4/h5-11,13-15,26H,1-4H3. The largest absolute Gasteiger partial charge is 0.493 e. The second-order valence-electron chi connectivity index (χ2n) is 7.07. The third-order valence-corrected chi connectivity index (χ3v) is 5.04.